The smallest absolute Gasteiger partial charge is 0.178 e. The van der Waals surface area contributed by atoms with E-state index in [1.54, 1.807) is 0 Å². The predicted octanol–water partition coefficient (Wildman–Crippen LogP) is 3.44. The first-order chi connectivity index (χ1) is 7.11. The highest BCUT2D eigenvalue weighted by atomic mass is 79.9. The standard InChI is InChI=1S/C12H12BrNO/c1-7(13)12(15)11-8(2)14-10-6-4-3-5-9(10)11/h3-7,14H,1-2H3. The van der Waals surface area contributed by atoms with E-state index in [2.05, 4.69) is 20.9 Å². The molecule has 1 aromatic carbocycles. The Morgan fingerprint density at radius 1 is 1.40 bits per heavy atom. The lowest BCUT2D eigenvalue weighted by atomic mass is 10.1. The Morgan fingerprint density at radius 3 is 2.73 bits per heavy atom. The zero-order chi connectivity index (χ0) is 11.0. The van der Waals surface area contributed by atoms with Crippen molar-refractivity contribution in [1.29, 1.82) is 0 Å². The Labute approximate surface area is 96.8 Å². The average Bonchev–Trinajstić information content (AvgIpc) is 2.52. The van der Waals surface area contributed by atoms with E-state index in [0.717, 1.165) is 22.2 Å². The first kappa shape index (κ1) is 10.4. The molecule has 78 valence electrons. The lowest BCUT2D eigenvalue weighted by Gasteiger charge is -2.02. The lowest BCUT2D eigenvalue weighted by molar-refractivity contribution is 0.0997. The van der Waals surface area contributed by atoms with Gasteiger partial charge in [0, 0.05) is 22.2 Å². The zero-order valence-corrected chi connectivity index (χ0v) is 10.3. The fourth-order valence-corrected chi connectivity index (χ4v) is 2.02. The number of hydrogen-bond donors (Lipinski definition) is 1. The quantitative estimate of drug-likeness (QED) is 0.655. The molecule has 0 aliphatic carbocycles. The third-order valence-corrected chi connectivity index (χ3v) is 2.92. The number of para-hydroxylation sites is 1. The van der Waals surface area contributed by atoms with E-state index in [1.807, 2.05) is 38.1 Å². The number of carbonyl (C=O) groups is 1. The van der Waals surface area contributed by atoms with E-state index in [0.29, 0.717) is 0 Å². The Bertz CT molecular complexity index is 513. The number of alkyl halides is 1. The number of H-pyrrole nitrogens is 1. The third kappa shape index (κ3) is 1.72. The molecule has 0 fully saturated rings. The number of aromatic nitrogens is 1. The number of Topliss-reactive ketones (excluding diaryl/α,β-unsaturated/α-hetero) is 1. The van der Waals surface area contributed by atoms with Crippen molar-refractivity contribution in [2.24, 2.45) is 0 Å². The fraction of sp³-hybridized carbons (Fsp3) is 0.250. The van der Waals surface area contributed by atoms with Gasteiger partial charge in [0.25, 0.3) is 0 Å². The van der Waals surface area contributed by atoms with Gasteiger partial charge in [0.05, 0.1) is 4.83 Å². The number of fused-ring (bicyclic) bond motifs is 1. The summed E-state index contributed by atoms with van der Waals surface area (Å²) in [5.74, 6) is 0.130. The monoisotopic (exact) mass is 265 g/mol. The second-order valence-electron chi connectivity index (χ2n) is 3.65. The van der Waals surface area contributed by atoms with Crippen LogP contribution < -0.4 is 0 Å². The Hall–Kier alpha value is -1.09. The molecule has 0 radical (unpaired) electrons. The molecule has 0 spiro atoms. The summed E-state index contributed by atoms with van der Waals surface area (Å²) in [6, 6.07) is 7.87. The summed E-state index contributed by atoms with van der Waals surface area (Å²) >= 11 is 3.32. The number of benzene rings is 1. The maximum absolute atomic E-state index is 12.0. The molecule has 0 saturated heterocycles. The third-order valence-electron chi connectivity index (χ3n) is 2.50. The minimum atomic E-state index is -0.143. The zero-order valence-electron chi connectivity index (χ0n) is 8.67. The van der Waals surface area contributed by atoms with Crippen molar-refractivity contribution in [3.63, 3.8) is 0 Å². The van der Waals surface area contributed by atoms with Crippen LogP contribution in [0.2, 0.25) is 0 Å². The van der Waals surface area contributed by atoms with Gasteiger partial charge in [-0.3, -0.25) is 4.79 Å². The SMILES string of the molecule is Cc1[nH]c2ccccc2c1C(=O)C(C)Br. The maximum Gasteiger partial charge on any atom is 0.178 e. The van der Waals surface area contributed by atoms with Gasteiger partial charge in [0.15, 0.2) is 5.78 Å². The van der Waals surface area contributed by atoms with Crippen LogP contribution in [0, 0.1) is 6.92 Å². The van der Waals surface area contributed by atoms with Crippen LogP contribution in [0.1, 0.15) is 23.0 Å². The minimum Gasteiger partial charge on any atom is -0.358 e. The van der Waals surface area contributed by atoms with Crippen LogP contribution in [0.5, 0.6) is 0 Å². The van der Waals surface area contributed by atoms with Gasteiger partial charge < -0.3 is 4.98 Å². The number of hydrogen-bond acceptors (Lipinski definition) is 1. The highest BCUT2D eigenvalue weighted by Crippen LogP contribution is 2.24. The van der Waals surface area contributed by atoms with Crippen LogP contribution in [-0.2, 0) is 0 Å². The van der Waals surface area contributed by atoms with Crippen molar-refractivity contribution in [2.45, 2.75) is 18.7 Å². The van der Waals surface area contributed by atoms with E-state index in [1.165, 1.54) is 0 Å². The van der Waals surface area contributed by atoms with Crippen molar-refractivity contribution in [3.05, 3.63) is 35.5 Å². The summed E-state index contributed by atoms with van der Waals surface area (Å²) in [4.78, 5) is 15.1. The molecule has 2 aromatic rings. The summed E-state index contributed by atoms with van der Waals surface area (Å²) in [5, 5.41) is 1.01. The minimum absolute atomic E-state index is 0.130. The number of nitrogens with one attached hydrogen (secondary N) is 1. The van der Waals surface area contributed by atoms with E-state index < -0.39 is 0 Å². The van der Waals surface area contributed by atoms with Gasteiger partial charge in [-0.05, 0) is 19.9 Å². The van der Waals surface area contributed by atoms with Crippen molar-refractivity contribution in [2.75, 3.05) is 0 Å². The van der Waals surface area contributed by atoms with Gasteiger partial charge in [-0.25, -0.2) is 0 Å². The molecule has 0 aliphatic heterocycles. The number of rotatable bonds is 2. The molecule has 1 unspecified atom stereocenters. The van der Waals surface area contributed by atoms with Crippen molar-refractivity contribution < 1.29 is 4.79 Å². The van der Waals surface area contributed by atoms with Gasteiger partial charge in [-0.15, -0.1) is 0 Å². The maximum atomic E-state index is 12.0. The predicted molar refractivity (Wildman–Crippen MR) is 65.8 cm³/mol. The van der Waals surface area contributed by atoms with Gasteiger partial charge >= 0.3 is 0 Å². The van der Waals surface area contributed by atoms with Crippen molar-refractivity contribution >= 4 is 32.6 Å². The van der Waals surface area contributed by atoms with Crippen LogP contribution in [0.3, 0.4) is 0 Å². The number of halogens is 1. The molecule has 1 heterocycles. The largest absolute Gasteiger partial charge is 0.358 e. The molecule has 1 aromatic heterocycles. The molecule has 1 N–H and O–H groups in total. The van der Waals surface area contributed by atoms with Gasteiger partial charge in [0.1, 0.15) is 0 Å². The van der Waals surface area contributed by atoms with Gasteiger partial charge in [0.2, 0.25) is 0 Å². The Morgan fingerprint density at radius 2 is 2.07 bits per heavy atom. The van der Waals surface area contributed by atoms with E-state index in [-0.39, 0.29) is 10.6 Å². The Balaban J connectivity index is 2.69. The average molecular weight is 266 g/mol. The number of ketones is 1. The van der Waals surface area contributed by atoms with E-state index in [9.17, 15) is 4.79 Å². The Kier molecular flexibility index (Phi) is 2.65. The molecule has 2 rings (SSSR count). The van der Waals surface area contributed by atoms with Gasteiger partial charge in [-0.2, -0.15) is 0 Å². The molecule has 0 amide bonds. The molecular weight excluding hydrogens is 254 g/mol. The molecule has 0 bridgehead atoms. The van der Waals surface area contributed by atoms with E-state index in [4.69, 9.17) is 0 Å². The molecule has 2 nitrogen and oxygen atoms in total. The molecule has 15 heavy (non-hydrogen) atoms. The molecular formula is C12H12BrNO. The molecule has 0 saturated carbocycles. The fourth-order valence-electron chi connectivity index (χ4n) is 1.79. The molecule has 3 heteroatoms. The number of aromatic amines is 1. The van der Waals surface area contributed by atoms with Crippen LogP contribution in [0.15, 0.2) is 24.3 Å². The second-order valence-corrected chi connectivity index (χ2v) is 5.02. The first-order valence-electron chi connectivity index (χ1n) is 4.87. The van der Waals surface area contributed by atoms with Crippen molar-refractivity contribution in [3.8, 4) is 0 Å². The van der Waals surface area contributed by atoms with Crippen molar-refractivity contribution in [1.82, 2.24) is 4.98 Å². The van der Waals surface area contributed by atoms with E-state index >= 15 is 0 Å². The van der Waals surface area contributed by atoms with Gasteiger partial charge in [-0.1, -0.05) is 34.1 Å². The highest BCUT2D eigenvalue weighted by Gasteiger charge is 2.18. The second kappa shape index (κ2) is 3.81. The first-order valence-corrected chi connectivity index (χ1v) is 5.78. The topological polar surface area (TPSA) is 32.9 Å². The normalized spacial score (nSPS) is 13.0. The molecule has 0 aliphatic rings. The summed E-state index contributed by atoms with van der Waals surface area (Å²) in [6.45, 7) is 3.78. The summed E-state index contributed by atoms with van der Waals surface area (Å²) in [6.07, 6.45) is 0. The van der Waals surface area contributed by atoms with Crippen LogP contribution >= 0.6 is 15.9 Å². The lowest BCUT2D eigenvalue weighted by Crippen LogP contribution is -2.10. The summed E-state index contributed by atoms with van der Waals surface area (Å²) in [5.41, 5.74) is 2.76. The number of aryl methyl sites for hydroxylation is 1. The molecule has 1 atom stereocenters. The highest BCUT2D eigenvalue weighted by molar-refractivity contribution is 9.10. The van der Waals surface area contributed by atoms with Crippen LogP contribution in [-0.4, -0.2) is 15.6 Å². The van der Waals surface area contributed by atoms with Crippen LogP contribution in [0.25, 0.3) is 10.9 Å². The summed E-state index contributed by atoms with van der Waals surface area (Å²) < 4.78 is 0. The summed E-state index contributed by atoms with van der Waals surface area (Å²) in [7, 11) is 0. The van der Waals surface area contributed by atoms with Crippen LogP contribution in [0.4, 0.5) is 0 Å². The number of carbonyl (C=O) groups excluding carboxylic acids is 1.